The smallest absolute Gasteiger partial charge is 0.259 e. The van der Waals surface area contributed by atoms with Crippen molar-refractivity contribution in [1.82, 2.24) is 14.7 Å². The van der Waals surface area contributed by atoms with Crippen molar-refractivity contribution < 1.29 is 9.53 Å². The zero-order valence-corrected chi connectivity index (χ0v) is 18.4. The Hall–Kier alpha value is -2.41. The second-order valence-electron chi connectivity index (χ2n) is 8.01. The van der Waals surface area contributed by atoms with Crippen LogP contribution in [-0.2, 0) is 6.54 Å². The number of hydrogen-bond donors (Lipinski definition) is 1. The highest BCUT2D eigenvalue weighted by Crippen LogP contribution is 2.20. The van der Waals surface area contributed by atoms with E-state index in [1.807, 2.05) is 49.3 Å². The van der Waals surface area contributed by atoms with Gasteiger partial charge in [-0.25, -0.2) is 0 Å². The molecule has 3 rings (SSSR count). The van der Waals surface area contributed by atoms with Gasteiger partial charge in [0.25, 0.3) is 5.91 Å². The highest BCUT2D eigenvalue weighted by atomic mass is 16.5. The predicted molar refractivity (Wildman–Crippen MR) is 122 cm³/mol. The molecule has 1 heterocycles. The monoisotopic (exact) mass is 410 g/mol. The van der Waals surface area contributed by atoms with Gasteiger partial charge in [0.2, 0.25) is 0 Å². The minimum atomic E-state index is -0.154. The highest BCUT2D eigenvalue weighted by Gasteiger charge is 2.16. The summed E-state index contributed by atoms with van der Waals surface area (Å²) >= 11 is 0. The molecule has 0 spiro atoms. The van der Waals surface area contributed by atoms with E-state index in [1.54, 1.807) is 6.07 Å². The summed E-state index contributed by atoms with van der Waals surface area (Å²) in [5.74, 6) is 0.457. The number of nitrogens with one attached hydrogen (secondary N) is 1. The van der Waals surface area contributed by atoms with E-state index < -0.39 is 0 Å². The maximum atomic E-state index is 12.8. The van der Waals surface area contributed by atoms with Crippen LogP contribution in [0.25, 0.3) is 0 Å². The zero-order valence-electron chi connectivity index (χ0n) is 18.4. The summed E-state index contributed by atoms with van der Waals surface area (Å²) in [5, 5.41) is 2.99. The molecule has 6 heteroatoms. The lowest BCUT2D eigenvalue weighted by Crippen LogP contribution is -2.45. The molecule has 0 unspecified atom stereocenters. The van der Waals surface area contributed by atoms with Gasteiger partial charge in [0, 0.05) is 45.0 Å². The minimum Gasteiger partial charge on any atom is -0.491 e. The summed E-state index contributed by atoms with van der Waals surface area (Å²) in [4.78, 5) is 19.8. The van der Waals surface area contributed by atoms with Gasteiger partial charge >= 0.3 is 0 Å². The van der Waals surface area contributed by atoms with Crippen LogP contribution in [0.4, 0.5) is 5.69 Å². The first kappa shape index (κ1) is 22.3. The summed E-state index contributed by atoms with van der Waals surface area (Å²) in [6.07, 6.45) is 0. The molecular formula is C24H34N4O2. The number of likely N-dealkylation sites (N-methyl/N-ethyl adjacent to an activating group) is 2. The molecule has 2 aromatic rings. The van der Waals surface area contributed by atoms with E-state index in [0.717, 1.165) is 51.5 Å². The van der Waals surface area contributed by atoms with Crippen molar-refractivity contribution in [2.45, 2.75) is 13.5 Å². The predicted octanol–water partition coefficient (Wildman–Crippen LogP) is 3.02. The molecule has 0 aliphatic carbocycles. The fraction of sp³-hybridized carbons (Fsp3) is 0.458. The van der Waals surface area contributed by atoms with E-state index in [4.69, 9.17) is 4.74 Å². The standard InChI is InChI=1S/C24H34N4O2/c1-4-27-13-15-28(16-14-27)19-20-9-11-21(12-10-20)25-24(29)22-7-5-6-8-23(22)30-18-17-26(2)3/h5-12H,4,13-19H2,1-3H3,(H,25,29). The van der Waals surface area contributed by atoms with Crippen molar-refractivity contribution in [2.75, 3.05) is 65.3 Å². The molecule has 30 heavy (non-hydrogen) atoms. The van der Waals surface area contributed by atoms with Gasteiger partial charge in [0.05, 0.1) is 5.56 Å². The first-order chi connectivity index (χ1) is 14.5. The molecule has 1 amide bonds. The van der Waals surface area contributed by atoms with Gasteiger partial charge in [-0.3, -0.25) is 9.69 Å². The normalized spacial score (nSPS) is 15.3. The number of carbonyl (C=O) groups excluding carboxylic acids is 1. The Morgan fingerprint density at radius 3 is 2.33 bits per heavy atom. The molecule has 1 saturated heterocycles. The molecule has 162 valence electrons. The second kappa shape index (κ2) is 11.1. The molecule has 1 aliphatic heterocycles. The average molecular weight is 411 g/mol. The van der Waals surface area contributed by atoms with Crippen LogP contribution in [0.1, 0.15) is 22.8 Å². The molecular weight excluding hydrogens is 376 g/mol. The number of rotatable bonds is 9. The van der Waals surface area contributed by atoms with Crippen LogP contribution in [0.5, 0.6) is 5.75 Å². The van der Waals surface area contributed by atoms with Gasteiger partial charge in [-0.2, -0.15) is 0 Å². The quantitative estimate of drug-likeness (QED) is 0.689. The van der Waals surface area contributed by atoms with Gasteiger partial charge in [0.15, 0.2) is 0 Å². The third kappa shape index (κ3) is 6.55. The summed E-state index contributed by atoms with van der Waals surface area (Å²) in [7, 11) is 3.99. The average Bonchev–Trinajstić information content (AvgIpc) is 2.76. The van der Waals surface area contributed by atoms with E-state index >= 15 is 0 Å². The molecule has 0 bridgehead atoms. The SMILES string of the molecule is CCN1CCN(Cc2ccc(NC(=O)c3ccccc3OCCN(C)C)cc2)CC1. The van der Waals surface area contributed by atoms with Crippen molar-refractivity contribution >= 4 is 11.6 Å². The van der Waals surface area contributed by atoms with Crippen molar-refractivity contribution in [3.05, 3.63) is 59.7 Å². The largest absolute Gasteiger partial charge is 0.491 e. The Morgan fingerprint density at radius 1 is 1.00 bits per heavy atom. The molecule has 1 aliphatic rings. The third-order valence-electron chi connectivity index (χ3n) is 5.46. The van der Waals surface area contributed by atoms with Crippen LogP contribution in [0.15, 0.2) is 48.5 Å². The van der Waals surface area contributed by atoms with Crippen LogP contribution < -0.4 is 10.1 Å². The van der Waals surface area contributed by atoms with E-state index in [-0.39, 0.29) is 5.91 Å². The van der Waals surface area contributed by atoms with E-state index in [2.05, 4.69) is 34.2 Å². The number of benzene rings is 2. The molecule has 2 aromatic carbocycles. The van der Waals surface area contributed by atoms with Gasteiger partial charge in [-0.1, -0.05) is 31.2 Å². The van der Waals surface area contributed by atoms with E-state index in [1.165, 1.54) is 5.56 Å². The molecule has 0 saturated carbocycles. The number of piperazine rings is 1. The van der Waals surface area contributed by atoms with Crippen molar-refractivity contribution in [3.63, 3.8) is 0 Å². The Bertz CT molecular complexity index is 799. The molecule has 0 atom stereocenters. The number of carbonyl (C=O) groups is 1. The lowest BCUT2D eigenvalue weighted by atomic mass is 10.1. The molecule has 6 nitrogen and oxygen atoms in total. The third-order valence-corrected chi connectivity index (χ3v) is 5.46. The van der Waals surface area contributed by atoms with Crippen molar-refractivity contribution in [3.8, 4) is 5.75 Å². The zero-order chi connectivity index (χ0) is 21.3. The fourth-order valence-corrected chi connectivity index (χ4v) is 3.53. The van der Waals surface area contributed by atoms with Crippen LogP contribution in [0.3, 0.4) is 0 Å². The summed E-state index contributed by atoms with van der Waals surface area (Å²) in [6, 6.07) is 15.5. The Kier molecular flexibility index (Phi) is 8.25. The molecule has 1 fully saturated rings. The second-order valence-corrected chi connectivity index (χ2v) is 8.01. The number of para-hydroxylation sites is 1. The van der Waals surface area contributed by atoms with E-state index in [9.17, 15) is 4.79 Å². The lowest BCUT2D eigenvalue weighted by molar-refractivity contribution is 0.102. The number of anilines is 1. The van der Waals surface area contributed by atoms with Crippen LogP contribution in [0, 0.1) is 0 Å². The van der Waals surface area contributed by atoms with Gasteiger partial charge in [-0.05, 0) is 50.5 Å². The Labute approximate surface area is 180 Å². The minimum absolute atomic E-state index is 0.154. The number of amides is 1. The summed E-state index contributed by atoms with van der Waals surface area (Å²) in [6.45, 7) is 10.1. The summed E-state index contributed by atoms with van der Waals surface area (Å²) < 4.78 is 5.81. The number of hydrogen-bond acceptors (Lipinski definition) is 5. The first-order valence-electron chi connectivity index (χ1n) is 10.8. The Balaban J connectivity index is 1.55. The number of ether oxygens (including phenoxy) is 1. The molecule has 0 radical (unpaired) electrons. The topological polar surface area (TPSA) is 48.1 Å². The van der Waals surface area contributed by atoms with Crippen LogP contribution in [-0.4, -0.2) is 80.6 Å². The fourth-order valence-electron chi connectivity index (χ4n) is 3.53. The van der Waals surface area contributed by atoms with Crippen molar-refractivity contribution in [2.24, 2.45) is 0 Å². The Morgan fingerprint density at radius 2 is 1.67 bits per heavy atom. The van der Waals surface area contributed by atoms with Crippen LogP contribution >= 0.6 is 0 Å². The maximum Gasteiger partial charge on any atom is 0.259 e. The van der Waals surface area contributed by atoms with Gasteiger partial charge in [-0.15, -0.1) is 0 Å². The van der Waals surface area contributed by atoms with Crippen LogP contribution in [0.2, 0.25) is 0 Å². The lowest BCUT2D eigenvalue weighted by Gasteiger charge is -2.34. The number of nitrogens with zero attached hydrogens (tertiary/aromatic N) is 3. The molecule has 0 aromatic heterocycles. The first-order valence-corrected chi connectivity index (χ1v) is 10.8. The van der Waals surface area contributed by atoms with Crippen molar-refractivity contribution in [1.29, 1.82) is 0 Å². The molecule has 1 N–H and O–H groups in total. The van der Waals surface area contributed by atoms with E-state index in [0.29, 0.717) is 17.9 Å². The maximum absolute atomic E-state index is 12.8. The van der Waals surface area contributed by atoms with Gasteiger partial charge in [0.1, 0.15) is 12.4 Å². The highest BCUT2D eigenvalue weighted by molar-refractivity contribution is 6.06. The van der Waals surface area contributed by atoms with Gasteiger partial charge < -0.3 is 19.9 Å². The summed E-state index contributed by atoms with van der Waals surface area (Å²) in [5.41, 5.74) is 2.61.